The molecule has 4 rings (SSSR count). The van der Waals surface area contributed by atoms with Crippen LogP contribution in [0.5, 0.6) is 0 Å². The van der Waals surface area contributed by atoms with Crippen LogP contribution in [0.2, 0.25) is 0 Å². The van der Waals surface area contributed by atoms with Crippen molar-refractivity contribution in [2.24, 2.45) is 0 Å². The highest BCUT2D eigenvalue weighted by Crippen LogP contribution is 2.28. The maximum absolute atomic E-state index is 12.9. The number of hydrogen-bond donors (Lipinski definition) is 1. The summed E-state index contributed by atoms with van der Waals surface area (Å²) in [6.45, 7) is 4.43. The van der Waals surface area contributed by atoms with Gasteiger partial charge in [0.25, 0.3) is 0 Å². The molecule has 1 N–H and O–H groups in total. The van der Waals surface area contributed by atoms with Crippen molar-refractivity contribution in [3.63, 3.8) is 0 Å². The molecule has 4 aromatic rings. The van der Waals surface area contributed by atoms with Gasteiger partial charge in [-0.1, -0.05) is 72.9 Å². The standard InChI is InChI=1S/C27H28N4O2S2/c1-4-20-8-10-22(11-9-20)18-29-35(33)26-19(2)30-27(34-26)31(3)25(32)17-21-12-14-23(15-13-21)24-7-5-6-16-28-24/h5-16,29H,4,17-18H2,1-3H3. The van der Waals surface area contributed by atoms with Crippen molar-refractivity contribution in [2.75, 3.05) is 11.9 Å². The molecule has 1 unspecified atom stereocenters. The summed E-state index contributed by atoms with van der Waals surface area (Å²) in [5, 5.41) is 0.537. The molecule has 0 aliphatic heterocycles. The number of nitrogens with one attached hydrogen (secondary N) is 1. The topological polar surface area (TPSA) is 75.2 Å². The van der Waals surface area contributed by atoms with Gasteiger partial charge in [0.2, 0.25) is 5.91 Å². The molecule has 0 aliphatic carbocycles. The van der Waals surface area contributed by atoms with E-state index in [0.717, 1.165) is 28.8 Å². The summed E-state index contributed by atoms with van der Waals surface area (Å²) in [5.41, 5.74) is 5.82. The zero-order chi connectivity index (χ0) is 24.8. The molecule has 1 amide bonds. The monoisotopic (exact) mass is 504 g/mol. The Balaban J connectivity index is 1.37. The first-order valence-corrected chi connectivity index (χ1v) is 13.4. The number of nitrogens with zero attached hydrogens (tertiary/aromatic N) is 3. The van der Waals surface area contributed by atoms with Crippen LogP contribution in [-0.4, -0.2) is 27.1 Å². The lowest BCUT2D eigenvalue weighted by Gasteiger charge is -2.14. The Morgan fingerprint density at radius 1 is 1.00 bits per heavy atom. The second kappa shape index (κ2) is 11.5. The second-order valence-electron chi connectivity index (χ2n) is 8.17. The van der Waals surface area contributed by atoms with E-state index in [1.54, 1.807) is 13.2 Å². The van der Waals surface area contributed by atoms with Gasteiger partial charge in [-0.25, -0.2) is 13.9 Å². The average molecular weight is 505 g/mol. The Hall–Kier alpha value is -3.20. The Morgan fingerprint density at radius 2 is 1.69 bits per heavy atom. The van der Waals surface area contributed by atoms with Crippen LogP contribution in [0, 0.1) is 6.92 Å². The smallest absolute Gasteiger partial charge is 0.232 e. The van der Waals surface area contributed by atoms with E-state index in [4.69, 9.17) is 0 Å². The van der Waals surface area contributed by atoms with E-state index in [9.17, 15) is 9.00 Å². The largest absolute Gasteiger partial charge is 0.291 e. The molecule has 1 atom stereocenters. The summed E-state index contributed by atoms with van der Waals surface area (Å²) in [6.07, 6.45) is 3.01. The van der Waals surface area contributed by atoms with Gasteiger partial charge in [-0.05, 0) is 42.2 Å². The molecular weight excluding hydrogens is 476 g/mol. The van der Waals surface area contributed by atoms with E-state index >= 15 is 0 Å². The highest BCUT2D eigenvalue weighted by Gasteiger charge is 2.20. The van der Waals surface area contributed by atoms with Gasteiger partial charge in [-0.3, -0.25) is 14.7 Å². The van der Waals surface area contributed by atoms with Gasteiger partial charge in [0.1, 0.15) is 15.2 Å². The second-order valence-corrected chi connectivity index (χ2v) is 10.6. The van der Waals surface area contributed by atoms with Crippen LogP contribution >= 0.6 is 11.3 Å². The normalized spacial score (nSPS) is 11.9. The van der Waals surface area contributed by atoms with E-state index in [1.165, 1.54) is 21.8 Å². The quantitative estimate of drug-likeness (QED) is 0.344. The van der Waals surface area contributed by atoms with E-state index < -0.39 is 11.0 Å². The third-order valence-electron chi connectivity index (χ3n) is 5.68. The van der Waals surface area contributed by atoms with Crippen LogP contribution < -0.4 is 9.62 Å². The van der Waals surface area contributed by atoms with Crippen molar-refractivity contribution in [1.82, 2.24) is 14.7 Å². The van der Waals surface area contributed by atoms with Gasteiger partial charge in [0, 0.05) is 25.4 Å². The van der Waals surface area contributed by atoms with Gasteiger partial charge >= 0.3 is 0 Å². The predicted octanol–water partition coefficient (Wildman–Crippen LogP) is 5.09. The van der Waals surface area contributed by atoms with Gasteiger partial charge in [0.05, 0.1) is 17.8 Å². The van der Waals surface area contributed by atoms with Crippen molar-refractivity contribution in [3.05, 3.63) is 95.3 Å². The summed E-state index contributed by atoms with van der Waals surface area (Å²) in [6, 6.07) is 21.9. The Labute approximate surface area is 212 Å². The number of thiazole rings is 1. The minimum Gasteiger partial charge on any atom is -0.291 e. The first-order chi connectivity index (χ1) is 16.9. The number of aromatic nitrogens is 2. The number of carbonyl (C=O) groups excluding carboxylic acids is 1. The average Bonchev–Trinajstić information content (AvgIpc) is 3.29. The molecule has 0 saturated heterocycles. The van der Waals surface area contributed by atoms with Gasteiger partial charge in [-0.15, -0.1) is 0 Å². The number of likely N-dealkylation sites (N-methyl/N-ethyl adjacent to an activating group) is 1. The van der Waals surface area contributed by atoms with Crippen molar-refractivity contribution in [1.29, 1.82) is 0 Å². The van der Waals surface area contributed by atoms with Crippen LogP contribution in [0.1, 0.15) is 29.3 Å². The van der Waals surface area contributed by atoms with E-state index in [2.05, 4.69) is 33.7 Å². The molecule has 6 nitrogen and oxygen atoms in total. The van der Waals surface area contributed by atoms with E-state index in [1.807, 2.05) is 61.5 Å². The molecule has 0 bridgehead atoms. The van der Waals surface area contributed by atoms with Crippen LogP contribution in [0.15, 0.2) is 77.1 Å². The molecule has 2 aromatic heterocycles. The summed E-state index contributed by atoms with van der Waals surface area (Å²) < 4.78 is 16.6. The number of carbonyl (C=O) groups is 1. The third-order valence-corrected chi connectivity index (χ3v) is 8.45. The van der Waals surface area contributed by atoms with Gasteiger partial charge in [0.15, 0.2) is 5.13 Å². The number of amides is 1. The first-order valence-electron chi connectivity index (χ1n) is 11.4. The number of hydrogen-bond acceptors (Lipinski definition) is 5. The molecule has 35 heavy (non-hydrogen) atoms. The fourth-order valence-electron chi connectivity index (χ4n) is 3.52. The zero-order valence-corrected chi connectivity index (χ0v) is 21.7. The van der Waals surface area contributed by atoms with Crippen LogP contribution in [0.25, 0.3) is 11.3 Å². The molecule has 0 fully saturated rings. The number of benzene rings is 2. The third kappa shape index (κ3) is 6.28. The minimum absolute atomic E-state index is 0.0781. The molecular formula is C27H28N4O2S2. The summed E-state index contributed by atoms with van der Waals surface area (Å²) >= 11 is 1.28. The lowest BCUT2D eigenvalue weighted by atomic mass is 10.1. The highest BCUT2D eigenvalue weighted by molar-refractivity contribution is 7.85. The fourth-order valence-corrected chi connectivity index (χ4v) is 5.74. The summed E-state index contributed by atoms with van der Waals surface area (Å²) in [5.74, 6) is -0.0781. The molecule has 2 heterocycles. The van der Waals surface area contributed by atoms with Crippen LogP contribution in [-0.2, 0) is 35.2 Å². The molecule has 0 spiro atoms. The molecule has 0 saturated carbocycles. The summed E-state index contributed by atoms with van der Waals surface area (Å²) in [4.78, 5) is 23.3. The zero-order valence-electron chi connectivity index (χ0n) is 20.0. The number of pyridine rings is 1. The molecule has 0 aliphatic rings. The Bertz CT molecular complexity index is 1300. The fraction of sp³-hybridized carbons (Fsp3) is 0.222. The number of anilines is 1. The van der Waals surface area contributed by atoms with Crippen molar-refractivity contribution in [3.8, 4) is 11.3 Å². The number of rotatable bonds is 9. The van der Waals surface area contributed by atoms with Crippen LogP contribution in [0.4, 0.5) is 5.13 Å². The lowest BCUT2D eigenvalue weighted by Crippen LogP contribution is -2.27. The maximum atomic E-state index is 12.9. The number of aryl methyl sites for hydroxylation is 2. The van der Waals surface area contributed by atoms with E-state index in [0.29, 0.717) is 21.6 Å². The van der Waals surface area contributed by atoms with Gasteiger partial charge in [-0.2, -0.15) is 0 Å². The minimum atomic E-state index is -1.41. The highest BCUT2D eigenvalue weighted by atomic mass is 32.2. The van der Waals surface area contributed by atoms with Crippen LogP contribution in [0.3, 0.4) is 0 Å². The van der Waals surface area contributed by atoms with E-state index in [-0.39, 0.29) is 12.3 Å². The van der Waals surface area contributed by atoms with Crippen molar-refractivity contribution in [2.45, 2.75) is 37.4 Å². The maximum Gasteiger partial charge on any atom is 0.232 e. The molecule has 180 valence electrons. The van der Waals surface area contributed by atoms with Crippen molar-refractivity contribution < 1.29 is 9.00 Å². The van der Waals surface area contributed by atoms with Gasteiger partial charge < -0.3 is 0 Å². The first kappa shape index (κ1) is 24.9. The van der Waals surface area contributed by atoms with Crippen molar-refractivity contribution >= 4 is 33.4 Å². The molecule has 0 radical (unpaired) electrons. The molecule has 8 heteroatoms. The Morgan fingerprint density at radius 3 is 2.34 bits per heavy atom. The Kier molecular flexibility index (Phi) is 8.17. The SMILES string of the molecule is CCc1ccc(CNS(=O)c2sc(N(C)C(=O)Cc3ccc(-c4ccccn4)cc3)nc2C)cc1. The molecule has 2 aromatic carbocycles. The lowest BCUT2D eigenvalue weighted by molar-refractivity contribution is -0.117. The summed E-state index contributed by atoms with van der Waals surface area (Å²) in [7, 11) is 0.298. The predicted molar refractivity (Wildman–Crippen MR) is 143 cm³/mol.